The maximum Gasteiger partial charge on any atom is 0.142 e. The van der Waals surface area contributed by atoms with Crippen molar-refractivity contribution in [1.29, 1.82) is 5.26 Å². The molecule has 1 aliphatic carbocycles. The number of hydrogen-bond acceptors (Lipinski definition) is 4. The van der Waals surface area contributed by atoms with Crippen molar-refractivity contribution < 1.29 is 0 Å². The van der Waals surface area contributed by atoms with Crippen LogP contribution >= 0.6 is 11.3 Å². The summed E-state index contributed by atoms with van der Waals surface area (Å²) in [7, 11) is 1.87. The summed E-state index contributed by atoms with van der Waals surface area (Å²) < 4.78 is 1.75. The van der Waals surface area contributed by atoms with Crippen molar-refractivity contribution in [2.75, 3.05) is 5.32 Å². The number of nitrogens with one attached hydrogen (secondary N) is 1. The highest BCUT2D eigenvalue weighted by molar-refractivity contribution is 7.12. The normalized spacial score (nSPS) is 13.3. The van der Waals surface area contributed by atoms with E-state index in [1.165, 1.54) is 29.7 Å². The molecule has 0 saturated heterocycles. The number of anilines is 1. The average molecular weight is 272 g/mol. The van der Waals surface area contributed by atoms with E-state index < -0.39 is 0 Å². The molecule has 1 N–H and O–H groups in total. The molecule has 3 rings (SSSR count). The van der Waals surface area contributed by atoms with Crippen LogP contribution in [0.1, 0.15) is 33.0 Å². The number of aryl methyl sites for hydroxylation is 4. The number of fused-ring (bicyclic) bond motifs is 1. The zero-order valence-electron chi connectivity index (χ0n) is 11.2. The molecule has 2 aromatic rings. The third kappa shape index (κ3) is 2.13. The minimum atomic E-state index is 0.645. The van der Waals surface area contributed by atoms with E-state index in [-0.39, 0.29) is 0 Å². The van der Waals surface area contributed by atoms with Gasteiger partial charge in [0.2, 0.25) is 0 Å². The molecule has 0 amide bonds. The molecule has 5 heteroatoms. The molecule has 19 heavy (non-hydrogen) atoms. The third-order valence-electron chi connectivity index (χ3n) is 3.56. The van der Waals surface area contributed by atoms with Crippen LogP contribution in [-0.2, 0) is 26.4 Å². The first-order valence-corrected chi connectivity index (χ1v) is 7.28. The van der Waals surface area contributed by atoms with Crippen LogP contribution < -0.4 is 5.32 Å². The Morgan fingerprint density at radius 3 is 3.11 bits per heavy atom. The van der Waals surface area contributed by atoms with Gasteiger partial charge in [0.1, 0.15) is 17.5 Å². The summed E-state index contributed by atoms with van der Waals surface area (Å²) in [5.41, 5.74) is 2.94. The average Bonchev–Trinajstić information content (AvgIpc) is 2.99. The van der Waals surface area contributed by atoms with Crippen LogP contribution in [0.25, 0.3) is 0 Å². The smallest absolute Gasteiger partial charge is 0.142 e. The number of aromatic nitrogens is 2. The van der Waals surface area contributed by atoms with Gasteiger partial charge in [0, 0.05) is 16.8 Å². The van der Waals surface area contributed by atoms with Crippen molar-refractivity contribution in [2.45, 2.75) is 32.7 Å². The van der Waals surface area contributed by atoms with Crippen molar-refractivity contribution >= 4 is 17.2 Å². The lowest BCUT2D eigenvalue weighted by atomic mass is 10.2. The van der Waals surface area contributed by atoms with Gasteiger partial charge in [-0.15, -0.1) is 11.3 Å². The van der Waals surface area contributed by atoms with E-state index in [0.29, 0.717) is 5.56 Å². The molecule has 4 nitrogen and oxygen atoms in total. The SMILES string of the molecule is Cc1nn(C)c(NCc2cc3c(s2)CCC3)c1C#N. The minimum absolute atomic E-state index is 0.645. The van der Waals surface area contributed by atoms with Crippen LogP contribution in [0, 0.1) is 18.3 Å². The molecule has 0 spiro atoms. The first kappa shape index (κ1) is 12.2. The Morgan fingerprint density at radius 1 is 1.53 bits per heavy atom. The summed E-state index contributed by atoms with van der Waals surface area (Å²) in [5, 5.41) is 16.8. The highest BCUT2D eigenvalue weighted by Crippen LogP contribution is 2.31. The molecule has 98 valence electrons. The minimum Gasteiger partial charge on any atom is -0.364 e. The van der Waals surface area contributed by atoms with E-state index in [2.05, 4.69) is 22.6 Å². The van der Waals surface area contributed by atoms with Crippen molar-refractivity contribution in [1.82, 2.24) is 9.78 Å². The number of rotatable bonds is 3. The predicted octanol–water partition coefficient (Wildman–Crippen LogP) is 2.76. The van der Waals surface area contributed by atoms with E-state index in [1.807, 2.05) is 25.3 Å². The van der Waals surface area contributed by atoms with Crippen LogP contribution in [0.4, 0.5) is 5.82 Å². The van der Waals surface area contributed by atoms with Crippen LogP contribution in [0.2, 0.25) is 0 Å². The molecule has 0 bridgehead atoms. The molecule has 2 aromatic heterocycles. The van der Waals surface area contributed by atoms with Gasteiger partial charge in [-0.2, -0.15) is 10.4 Å². The Labute approximate surface area is 116 Å². The standard InChI is InChI=1S/C14H16N4S/c1-9-12(7-15)14(18(2)17-9)16-8-11-6-10-4-3-5-13(10)19-11/h6,16H,3-5,8H2,1-2H3. The van der Waals surface area contributed by atoms with Gasteiger partial charge in [0.15, 0.2) is 0 Å². The Hall–Kier alpha value is -1.80. The quantitative estimate of drug-likeness (QED) is 0.934. The number of thiophene rings is 1. The summed E-state index contributed by atoms with van der Waals surface area (Å²) in [5.74, 6) is 0.813. The lowest BCUT2D eigenvalue weighted by Crippen LogP contribution is -2.04. The first-order chi connectivity index (χ1) is 9.19. The highest BCUT2D eigenvalue weighted by atomic mass is 32.1. The molecule has 1 aliphatic rings. The molecular weight excluding hydrogens is 256 g/mol. The Morgan fingerprint density at radius 2 is 2.37 bits per heavy atom. The number of hydrogen-bond donors (Lipinski definition) is 1. The molecule has 0 aliphatic heterocycles. The zero-order chi connectivity index (χ0) is 13.4. The van der Waals surface area contributed by atoms with Crippen LogP contribution in [0.3, 0.4) is 0 Å². The summed E-state index contributed by atoms with van der Waals surface area (Å²) in [6, 6.07) is 4.52. The second-order valence-corrected chi connectivity index (χ2v) is 6.13. The fourth-order valence-electron chi connectivity index (χ4n) is 2.64. The molecular formula is C14H16N4S. The van der Waals surface area contributed by atoms with Gasteiger partial charge in [-0.3, -0.25) is 4.68 Å². The van der Waals surface area contributed by atoms with Crippen molar-refractivity contribution in [3.8, 4) is 6.07 Å². The van der Waals surface area contributed by atoms with Crippen molar-refractivity contribution in [3.63, 3.8) is 0 Å². The molecule has 0 atom stereocenters. The van der Waals surface area contributed by atoms with Gasteiger partial charge in [-0.1, -0.05) is 0 Å². The fraction of sp³-hybridized carbons (Fsp3) is 0.429. The second-order valence-electron chi connectivity index (χ2n) is 4.91. The topological polar surface area (TPSA) is 53.6 Å². The van der Waals surface area contributed by atoms with Gasteiger partial charge in [0.25, 0.3) is 0 Å². The van der Waals surface area contributed by atoms with Gasteiger partial charge in [-0.25, -0.2) is 0 Å². The lowest BCUT2D eigenvalue weighted by Gasteiger charge is -2.05. The predicted molar refractivity (Wildman–Crippen MR) is 76.3 cm³/mol. The lowest BCUT2D eigenvalue weighted by molar-refractivity contribution is 0.758. The van der Waals surface area contributed by atoms with Gasteiger partial charge in [0.05, 0.1) is 12.2 Å². The van der Waals surface area contributed by atoms with Gasteiger partial charge < -0.3 is 5.32 Å². The molecule has 0 saturated carbocycles. The fourth-order valence-corrected chi connectivity index (χ4v) is 3.84. The van der Waals surface area contributed by atoms with E-state index in [1.54, 1.807) is 9.56 Å². The van der Waals surface area contributed by atoms with E-state index in [9.17, 15) is 0 Å². The molecule has 2 heterocycles. The van der Waals surface area contributed by atoms with Crippen LogP contribution in [0.15, 0.2) is 6.07 Å². The van der Waals surface area contributed by atoms with E-state index in [4.69, 9.17) is 5.26 Å². The Balaban J connectivity index is 1.77. The summed E-state index contributed by atoms with van der Waals surface area (Å²) in [6.07, 6.45) is 3.75. The van der Waals surface area contributed by atoms with Crippen molar-refractivity contribution in [2.24, 2.45) is 7.05 Å². The highest BCUT2D eigenvalue weighted by Gasteiger charge is 2.16. The first-order valence-electron chi connectivity index (χ1n) is 6.47. The Kier molecular flexibility index (Phi) is 3.03. The third-order valence-corrected chi connectivity index (χ3v) is 4.80. The second kappa shape index (κ2) is 4.71. The van der Waals surface area contributed by atoms with Gasteiger partial charge in [-0.05, 0) is 37.8 Å². The molecule has 0 fully saturated rings. The molecule has 0 aromatic carbocycles. The number of nitrogens with zero attached hydrogens (tertiary/aromatic N) is 3. The monoisotopic (exact) mass is 272 g/mol. The number of nitriles is 1. The van der Waals surface area contributed by atoms with E-state index >= 15 is 0 Å². The molecule has 0 radical (unpaired) electrons. The van der Waals surface area contributed by atoms with Crippen molar-refractivity contribution in [3.05, 3.63) is 32.6 Å². The maximum atomic E-state index is 9.16. The van der Waals surface area contributed by atoms with Gasteiger partial charge >= 0.3 is 0 Å². The molecule has 0 unspecified atom stereocenters. The largest absolute Gasteiger partial charge is 0.364 e. The summed E-state index contributed by atoms with van der Waals surface area (Å²) >= 11 is 1.89. The zero-order valence-corrected chi connectivity index (χ0v) is 12.0. The van der Waals surface area contributed by atoms with Crippen LogP contribution in [-0.4, -0.2) is 9.78 Å². The van der Waals surface area contributed by atoms with E-state index in [0.717, 1.165) is 18.1 Å². The van der Waals surface area contributed by atoms with Crippen LogP contribution in [0.5, 0.6) is 0 Å². The Bertz CT molecular complexity index is 638. The maximum absolute atomic E-state index is 9.16. The summed E-state index contributed by atoms with van der Waals surface area (Å²) in [6.45, 7) is 2.63. The summed E-state index contributed by atoms with van der Waals surface area (Å²) in [4.78, 5) is 2.88.